The summed E-state index contributed by atoms with van der Waals surface area (Å²) in [6.07, 6.45) is 0.808. The summed E-state index contributed by atoms with van der Waals surface area (Å²) in [5, 5.41) is 0. The molecule has 8 heteroatoms. The van der Waals surface area contributed by atoms with E-state index in [1.807, 2.05) is 6.92 Å². The molecule has 134 valence electrons. The Morgan fingerprint density at radius 1 is 1.00 bits per heavy atom. The van der Waals surface area contributed by atoms with Gasteiger partial charge in [-0.1, -0.05) is 19.1 Å². The number of aryl methyl sites for hydroxylation is 1. The molecule has 2 aromatic carbocycles. The first-order valence-electron chi connectivity index (χ1n) is 7.53. The smallest absolute Gasteiger partial charge is 0.266 e. The number of hydrogen-bond donors (Lipinski definition) is 2. The normalized spacial score (nSPS) is 11.0. The highest BCUT2D eigenvalue weighted by Crippen LogP contribution is 2.22. The summed E-state index contributed by atoms with van der Waals surface area (Å²) < 4.78 is 34.6. The van der Waals surface area contributed by atoms with Gasteiger partial charge in [-0.3, -0.25) is 10.2 Å². The zero-order valence-corrected chi connectivity index (χ0v) is 15.0. The number of hydrazine groups is 1. The number of amides is 1. The van der Waals surface area contributed by atoms with Crippen molar-refractivity contribution in [1.29, 1.82) is 0 Å². The fourth-order valence-electron chi connectivity index (χ4n) is 2.09. The predicted molar refractivity (Wildman–Crippen MR) is 93.2 cm³/mol. The van der Waals surface area contributed by atoms with Gasteiger partial charge in [0.1, 0.15) is 11.5 Å². The highest BCUT2D eigenvalue weighted by molar-refractivity contribution is 7.89. The Morgan fingerprint density at radius 3 is 2.04 bits per heavy atom. The van der Waals surface area contributed by atoms with Crippen molar-refractivity contribution in [2.75, 3.05) is 14.2 Å². The first-order valence-corrected chi connectivity index (χ1v) is 9.02. The van der Waals surface area contributed by atoms with Gasteiger partial charge in [0.2, 0.25) is 0 Å². The summed E-state index contributed by atoms with van der Waals surface area (Å²) >= 11 is 0. The molecule has 0 aliphatic carbocycles. The fraction of sp³-hybridized carbons (Fsp3) is 0.235. The van der Waals surface area contributed by atoms with Crippen molar-refractivity contribution in [3.63, 3.8) is 0 Å². The van der Waals surface area contributed by atoms with Crippen LogP contribution in [0, 0.1) is 0 Å². The van der Waals surface area contributed by atoms with Crippen LogP contribution in [0.2, 0.25) is 0 Å². The molecule has 7 nitrogen and oxygen atoms in total. The van der Waals surface area contributed by atoms with E-state index in [9.17, 15) is 13.2 Å². The molecule has 0 radical (unpaired) electrons. The van der Waals surface area contributed by atoms with Crippen LogP contribution in [0.1, 0.15) is 22.8 Å². The van der Waals surface area contributed by atoms with Gasteiger partial charge in [-0.25, -0.2) is 8.42 Å². The lowest BCUT2D eigenvalue weighted by Gasteiger charge is -2.11. The molecule has 1 amide bonds. The Bertz CT molecular complexity index is 826. The fourth-order valence-corrected chi connectivity index (χ4v) is 2.93. The minimum absolute atomic E-state index is 0.0632. The van der Waals surface area contributed by atoms with Crippen molar-refractivity contribution in [2.45, 2.75) is 18.2 Å². The number of hydrogen-bond acceptors (Lipinski definition) is 5. The van der Waals surface area contributed by atoms with Gasteiger partial charge in [-0.2, -0.15) is 0 Å². The summed E-state index contributed by atoms with van der Waals surface area (Å²) in [6.45, 7) is 1.98. The lowest BCUT2D eigenvalue weighted by Crippen LogP contribution is -2.41. The van der Waals surface area contributed by atoms with Crippen LogP contribution in [0.4, 0.5) is 0 Å². The van der Waals surface area contributed by atoms with Gasteiger partial charge in [0.05, 0.1) is 19.1 Å². The summed E-state index contributed by atoms with van der Waals surface area (Å²) in [7, 11) is -0.949. The average molecular weight is 364 g/mol. The zero-order chi connectivity index (χ0) is 18.4. The van der Waals surface area contributed by atoms with Crippen LogP contribution < -0.4 is 19.7 Å². The van der Waals surface area contributed by atoms with Crippen LogP contribution in [-0.4, -0.2) is 28.5 Å². The third-order valence-corrected chi connectivity index (χ3v) is 4.82. The van der Waals surface area contributed by atoms with Crippen molar-refractivity contribution in [3.8, 4) is 11.5 Å². The number of sulfonamides is 1. The molecule has 0 heterocycles. The summed E-state index contributed by atoms with van der Waals surface area (Å²) in [4.78, 5) is 14.4. The van der Waals surface area contributed by atoms with Gasteiger partial charge < -0.3 is 9.47 Å². The third-order valence-electron chi connectivity index (χ3n) is 3.55. The Balaban J connectivity index is 2.12. The minimum atomic E-state index is -3.86. The molecule has 0 unspecified atom stereocenters. The number of ether oxygens (including phenoxy) is 2. The molecular weight excluding hydrogens is 344 g/mol. The largest absolute Gasteiger partial charge is 0.497 e. The van der Waals surface area contributed by atoms with E-state index in [4.69, 9.17) is 9.47 Å². The van der Waals surface area contributed by atoms with E-state index in [1.165, 1.54) is 38.5 Å². The molecule has 0 atom stereocenters. The highest BCUT2D eigenvalue weighted by Gasteiger charge is 2.16. The van der Waals surface area contributed by atoms with Crippen LogP contribution in [-0.2, 0) is 16.4 Å². The van der Waals surface area contributed by atoms with Gasteiger partial charge in [0.25, 0.3) is 15.9 Å². The second kappa shape index (κ2) is 8.00. The van der Waals surface area contributed by atoms with Gasteiger partial charge in [-0.05, 0) is 36.2 Å². The summed E-state index contributed by atoms with van der Waals surface area (Å²) in [5.74, 6) is 0.205. The maximum Gasteiger partial charge on any atom is 0.266 e. The SMILES string of the molecule is CCc1ccc(S(=O)(=O)NNC(=O)c2cc(OC)cc(OC)c2)cc1. The van der Waals surface area contributed by atoms with Gasteiger partial charge in [-0.15, -0.1) is 4.83 Å². The van der Waals surface area contributed by atoms with Crippen molar-refractivity contribution < 1.29 is 22.7 Å². The van der Waals surface area contributed by atoms with Crippen LogP contribution >= 0.6 is 0 Å². The lowest BCUT2D eigenvalue weighted by molar-refractivity contribution is 0.0944. The van der Waals surface area contributed by atoms with E-state index >= 15 is 0 Å². The first-order chi connectivity index (χ1) is 11.9. The molecule has 0 spiro atoms. The maximum atomic E-state index is 12.2. The quantitative estimate of drug-likeness (QED) is 0.732. The van der Waals surface area contributed by atoms with Gasteiger partial charge in [0, 0.05) is 11.6 Å². The number of nitrogens with one attached hydrogen (secondary N) is 2. The minimum Gasteiger partial charge on any atom is -0.497 e. The molecule has 2 N–H and O–H groups in total. The number of rotatable bonds is 7. The zero-order valence-electron chi connectivity index (χ0n) is 14.2. The van der Waals surface area contributed by atoms with Crippen molar-refractivity contribution in [1.82, 2.24) is 10.3 Å². The van der Waals surface area contributed by atoms with Crippen molar-refractivity contribution >= 4 is 15.9 Å². The van der Waals surface area contributed by atoms with E-state index in [2.05, 4.69) is 10.3 Å². The Hall–Kier alpha value is -2.58. The molecule has 0 bridgehead atoms. The molecule has 0 fully saturated rings. The number of carbonyl (C=O) groups excluding carboxylic acids is 1. The molecule has 2 aromatic rings. The Kier molecular flexibility index (Phi) is 6.00. The first kappa shape index (κ1) is 18.8. The number of methoxy groups -OCH3 is 2. The second-order valence-corrected chi connectivity index (χ2v) is 6.84. The average Bonchev–Trinajstić information content (AvgIpc) is 2.65. The predicted octanol–water partition coefficient (Wildman–Crippen LogP) is 1.89. The van der Waals surface area contributed by atoms with Crippen LogP contribution in [0.5, 0.6) is 11.5 Å². The van der Waals surface area contributed by atoms with E-state index in [0.717, 1.165) is 12.0 Å². The molecule has 0 aliphatic rings. The topological polar surface area (TPSA) is 93.7 Å². The lowest BCUT2D eigenvalue weighted by atomic mass is 10.2. The van der Waals surface area contributed by atoms with E-state index in [0.29, 0.717) is 11.5 Å². The second-order valence-electron chi connectivity index (χ2n) is 5.16. The summed E-state index contributed by atoms with van der Waals surface area (Å²) in [6, 6.07) is 11.0. The number of carbonyl (C=O) groups is 1. The molecule has 2 rings (SSSR count). The number of benzene rings is 2. The van der Waals surface area contributed by atoms with Crippen LogP contribution in [0.25, 0.3) is 0 Å². The van der Waals surface area contributed by atoms with E-state index in [-0.39, 0.29) is 10.5 Å². The molecule has 0 saturated carbocycles. The van der Waals surface area contributed by atoms with Gasteiger partial charge >= 0.3 is 0 Å². The third kappa shape index (κ3) is 4.71. The highest BCUT2D eigenvalue weighted by atomic mass is 32.2. The standard InChI is InChI=1S/C17H20N2O5S/c1-4-12-5-7-16(8-6-12)25(21,22)19-18-17(20)13-9-14(23-2)11-15(10-13)24-3/h5-11,19H,4H2,1-3H3,(H,18,20). The van der Waals surface area contributed by atoms with Crippen molar-refractivity contribution in [2.24, 2.45) is 0 Å². The Morgan fingerprint density at radius 2 is 1.56 bits per heavy atom. The Labute approximate surface area is 147 Å². The van der Waals surface area contributed by atoms with Crippen LogP contribution in [0.3, 0.4) is 0 Å². The van der Waals surface area contributed by atoms with Gasteiger partial charge in [0.15, 0.2) is 0 Å². The molecule has 0 aliphatic heterocycles. The van der Waals surface area contributed by atoms with E-state index < -0.39 is 15.9 Å². The van der Waals surface area contributed by atoms with Crippen molar-refractivity contribution in [3.05, 3.63) is 53.6 Å². The molecular formula is C17H20N2O5S. The summed E-state index contributed by atoms with van der Waals surface area (Å²) in [5.41, 5.74) is 3.40. The molecule has 0 aromatic heterocycles. The maximum absolute atomic E-state index is 12.2. The molecule has 25 heavy (non-hydrogen) atoms. The van der Waals surface area contributed by atoms with Crippen LogP contribution in [0.15, 0.2) is 47.4 Å². The van der Waals surface area contributed by atoms with E-state index in [1.54, 1.807) is 18.2 Å². The monoisotopic (exact) mass is 364 g/mol. The molecule has 0 saturated heterocycles.